The molecule has 4 aromatic rings. The molecule has 0 N–H and O–H groups in total. The highest BCUT2D eigenvalue weighted by Crippen LogP contribution is 2.36. The van der Waals surface area contributed by atoms with Gasteiger partial charge in [-0.2, -0.15) is 4.98 Å². The number of ether oxygens (including phenoxy) is 3. The molecule has 1 aliphatic rings. The second kappa shape index (κ2) is 8.75. The van der Waals surface area contributed by atoms with Crippen molar-refractivity contribution in [1.82, 2.24) is 9.97 Å². The molecule has 162 valence electrons. The van der Waals surface area contributed by atoms with Crippen molar-refractivity contribution in [3.63, 3.8) is 0 Å². The zero-order chi connectivity index (χ0) is 21.9. The average Bonchev–Trinajstić information content (AvgIpc) is 2.84. The fourth-order valence-corrected chi connectivity index (χ4v) is 3.72. The largest absolute Gasteiger partial charge is 0.490 e. The standard InChI is InChI=1S/C26H25N3O3/c1-18-17-32-24-16-19(12-13-23(24)29(18)2)25-27-22-11-7-6-10-21(22)26(28-25)31-15-14-30-20-8-4-3-5-9-20/h3-13,16,18H,14-15,17H2,1-2H3. The molecule has 6 heteroatoms. The number of rotatable bonds is 6. The Morgan fingerprint density at radius 1 is 0.938 bits per heavy atom. The molecule has 0 saturated heterocycles. The van der Waals surface area contributed by atoms with Crippen LogP contribution in [0.4, 0.5) is 5.69 Å². The van der Waals surface area contributed by atoms with Crippen LogP contribution in [0.2, 0.25) is 0 Å². The van der Waals surface area contributed by atoms with Gasteiger partial charge in [0.15, 0.2) is 5.82 Å². The van der Waals surface area contributed by atoms with Crippen LogP contribution in [-0.2, 0) is 0 Å². The Morgan fingerprint density at radius 2 is 1.72 bits per heavy atom. The maximum atomic E-state index is 6.03. The van der Waals surface area contributed by atoms with Crippen molar-refractivity contribution in [2.45, 2.75) is 13.0 Å². The predicted octanol–water partition coefficient (Wildman–Crippen LogP) is 4.97. The van der Waals surface area contributed by atoms with Gasteiger partial charge in [0.05, 0.1) is 22.6 Å². The molecular formula is C26H25N3O3. The van der Waals surface area contributed by atoms with Crippen LogP contribution in [0.25, 0.3) is 22.3 Å². The summed E-state index contributed by atoms with van der Waals surface area (Å²) in [4.78, 5) is 11.7. The Bertz CT molecular complexity index is 1230. The van der Waals surface area contributed by atoms with Crippen molar-refractivity contribution in [1.29, 1.82) is 0 Å². The number of benzene rings is 3. The summed E-state index contributed by atoms with van der Waals surface area (Å²) in [7, 11) is 2.08. The molecule has 0 saturated carbocycles. The Kier molecular flexibility index (Phi) is 5.50. The number of nitrogens with zero attached hydrogens (tertiary/aromatic N) is 3. The molecule has 0 bridgehead atoms. The van der Waals surface area contributed by atoms with E-state index in [1.807, 2.05) is 66.7 Å². The van der Waals surface area contributed by atoms with E-state index in [4.69, 9.17) is 24.2 Å². The summed E-state index contributed by atoms with van der Waals surface area (Å²) < 4.78 is 17.7. The van der Waals surface area contributed by atoms with E-state index in [2.05, 4.69) is 24.9 Å². The Hall–Kier alpha value is -3.80. The summed E-state index contributed by atoms with van der Waals surface area (Å²) in [5.41, 5.74) is 2.80. The zero-order valence-corrected chi connectivity index (χ0v) is 18.2. The normalized spacial score (nSPS) is 15.2. The monoisotopic (exact) mass is 427 g/mol. The van der Waals surface area contributed by atoms with Crippen molar-refractivity contribution < 1.29 is 14.2 Å². The van der Waals surface area contributed by atoms with Gasteiger partial charge in [0, 0.05) is 12.6 Å². The van der Waals surface area contributed by atoms with Gasteiger partial charge in [0.1, 0.15) is 31.3 Å². The van der Waals surface area contributed by atoms with E-state index in [1.54, 1.807) is 0 Å². The third-order valence-electron chi connectivity index (χ3n) is 5.64. The molecule has 1 unspecified atom stereocenters. The number of likely N-dealkylation sites (N-methyl/N-ethyl adjacent to an activating group) is 1. The van der Waals surface area contributed by atoms with Crippen LogP contribution in [0.15, 0.2) is 72.8 Å². The van der Waals surface area contributed by atoms with E-state index >= 15 is 0 Å². The third-order valence-corrected chi connectivity index (χ3v) is 5.64. The lowest BCUT2D eigenvalue weighted by Gasteiger charge is -2.33. The van der Waals surface area contributed by atoms with E-state index in [-0.39, 0.29) is 0 Å². The van der Waals surface area contributed by atoms with Crippen molar-refractivity contribution in [3.8, 4) is 28.8 Å². The fourth-order valence-electron chi connectivity index (χ4n) is 3.72. The quantitative estimate of drug-likeness (QED) is 0.405. The summed E-state index contributed by atoms with van der Waals surface area (Å²) in [6.45, 7) is 3.61. The molecule has 0 fully saturated rings. The molecule has 5 rings (SSSR count). The number of aromatic nitrogens is 2. The minimum absolute atomic E-state index is 0.336. The first-order valence-corrected chi connectivity index (χ1v) is 10.8. The van der Waals surface area contributed by atoms with Gasteiger partial charge in [-0.05, 0) is 49.4 Å². The topological polar surface area (TPSA) is 56.7 Å². The van der Waals surface area contributed by atoms with Gasteiger partial charge in [0.25, 0.3) is 0 Å². The van der Waals surface area contributed by atoms with Gasteiger partial charge in [-0.25, -0.2) is 4.98 Å². The fraction of sp³-hybridized carbons (Fsp3) is 0.231. The van der Waals surface area contributed by atoms with Gasteiger partial charge in [0.2, 0.25) is 5.88 Å². The SMILES string of the molecule is CC1COc2cc(-c3nc(OCCOc4ccccc4)c4ccccc4n3)ccc2N1C. The second-order valence-corrected chi connectivity index (χ2v) is 7.83. The molecular weight excluding hydrogens is 402 g/mol. The maximum Gasteiger partial charge on any atom is 0.225 e. The van der Waals surface area contributed by atoms with E-state index in [0.29, 0.717) is 37.6 Å². The van der Waals surface area contributed by atoms with E-state index in [1.165, 1.54) is 0 Å². The van der Waals surface area contributed by atoms with Crippen LogP contribution in [0.5, 0.6) is 17.4 Å². The van der Waals surface area contributed by atoms with E-state index < -0.39 is 0 Å². The van der Waals surface area contributed by atoms with Gasteiger partial charge in [-0.15, -0.1) is 0 Å². The van der Waals surface area contributed by atoms with Crippen molar-refractivity contribution in [3.05, 3.63) is 72.8 Å². The molecule has 1 atom stereocenters. The first-order valence-electron chi connectivity index (χ1n) is 10.8. The van der Waals surface area contributed by atoms with Crippen LogP contribution in [0.3, 0.4) is 0 Å². The molecule has 0 radical (unpaired) electrons. The lowest BCUT2D eigenvalue weighted by atomic mass is 10.1. The molecule has 3 aromatic carbocycles. The van der Waals surface area contributed by atoms with E-state index in [9.17, 15) is 0 Å². The van der Waals surface area contributed by atoms with Crippen molar-refractivity contribution >= 4 is 16.6 Å². The molecule has 2 heterocycles. The Labute approximate surface area is 187 Å². The highest BCUT2D eigenvalue weighted by atomic mass is 16.5. The average molecular weight is 428 g/mol. The van der Waals surface area contributed by atoms with E-state index in [0.717, 1.165) is 33.7 Å². The minimum Gasteiger partial charge on any atom is -0.490 e. The molecule has 1 aliphatic heterocycles. The first kappa shape index (κ1) is 20.1. The number of anilines is 1. The summed E-state index contributed by atoms with van der Waals surface area (Å²) in [6.07, 6.45) is 0. The summed E-state index contributed by atoms with van der Waals surface area (Å²) in [5.74, 6) is 2.82. The van der Waals surface area contributed by atoms with Crippen molar-refractivity contribution in [2.24, 2.45) is 0 Å². The zero-order valence-electron chi connectivity index (χ0n) is 18.2. The van der Waals surface area contributed by atoms with Gasteiger partial charge >= 0.3 is 0 Å². The van der Waals surface area contributed by atoms with Crippen LogP contribution in [0, 0.1) is 0 Å². The summed E-state index contributed by atoms with van der Waals surface area (Å²) in [6, 6.07) is 24.0. The van der Waals surface area contributed by atoms with Gasteiger partial charge in [-0.3, -0.25) is 0 Å². The maximum absolute atomic E-state index is 6.03. The predicted molar refractivity (Wildman–Crippen MR) is 126 cm³/mol. The minimum atomic E-state index is 0.336. The van der Waals surface area contributed by atoms with Gasteiger partial charge < -0.3 is 19.1 Å². The summed E-state index contributed by atoms with van der Waals surface area (Å²) >= 11 is 0. The molecule has 6 nitrogen and oxygen atoms in total. The van der Waals surface area contributed by atoms with Crippen molar-refractivity contribution in [2.75, 3.05) is 31.8 Å². The smallest absolute Gasteiger partial charge is 0.225 e. The number of hydrogen-bond donors (Lipinski definition) is 0. The molecule has 1 aromatic heterocycles. The first-order chi connectivity index (χ1) is 15.7. The second-order valence-electron chi connectivity index (χ2n) is 7.83. The number of para-hydroxylation sites is 2. The molecule has 0 aliphatic carbocycles. The van der Waals surface area contributed by atoms with Crippen LogP contribution < -0.4 is 19.1 Å². The lowest BCUT2D eigenvalue weighted by Crippen LogP contribution is -2.37. The van der Waals surface area contributed by atoms with Crippen LogP contribution >= 0.6 is 0 Å². The lowest BCUT2D eigenvalue weighted by molar-refractivity contribution is 0.214. The van der Waals surface area contributed by atoms with Crippen LogP contribution in [-0.4, -0.2) is 42.9 Å². The number of fused-ring (bicyclic) bond motifs is 2. The van der Waals surface area contributed by atoms with Gasteiger partial charge in [-0.1, -0.05) is 30.3 Å². The Balaban J connectivity index is 1.41. The van der Waals surface area contributed by atoms with Crippen LogP contribution in [0.1, 0.15) is 6.92 Å². The highest BCUT2D eigenvalue weighted by Gasteiger charge is 2.22. The number of hydrogen-bond acceptors (Lipinski definition) is 6. The summed E-state index contributed by atoms with van der Waals surface area (Å²) in [5, 5.41) is 0.874. The molecule has 0 amide bonds. The molecule has 0 spiro atoms. The Morgan fingerprint density at radius 3 is 2.59 bits per heavy atom. The highest BCUT2D eigenvalue weighted by molar-refractivity contribution is 5.85. The third kappa shape index (κ3) is 4.04. The molecule has 32 heavy (non-hydrogen) atoms.